The second-order valence-electron chi connectivity index (χ2n) is 5.00. The number of carbonyl (C=O) groups is 1. The third kappa shape index (κ3) is 2.17. The predicted molar refractivity (Wildman–Crippen MR) is 60.4 cm³/mol. The fraction of sp³-hybridized carbons (Fsp3) is 0.917. The van der Waals surface area contributed by atoms with Crippen LogP contribution < -0.4 is 0 Å². The van der Waals surface area contributed by atoms with E-state index in [-0.39, 0.29) is 0 Å². The topological polar surface area (TPSA) is 23.6 Å². The lowest BCUT2D eigenvalue weighted by atomic mass is 10.00. The zero-order valence-electron chi connectivity index (χ0n) is 9.91. The standard InChI is InChI=1S/C12H22N2O/c1-3-4-5-12(15)14-9-10-6-7-13(2)11(14)8-10/h10-11H,3-9H2,1-2H3. The van der Waals surface area contributed by atoms with Crippen LogP contribution in [-0.2, 0) is 4.79 Å². The smallest absolute Gasteiger partial charge is 0.223 e. The van der Waals surface area contributed by atoms with Crippen LogP contribution in [0.4, 0.5) is 0 Å². The Morgan fingerprint density at radius 2 is 2.27 bits per heavy atom. The molecule has 0 N–H and O–H groups in total. The first-order valence-electron chi connectivity index (χ1n) is 6.22. The van der Waals surface area contributed by atoms with Crippen molar-refractivity contribution in [2.24, 2.45) is 5.92 Å². The zero-order chi connectivity index (χ0) is 10.8. The van der Waals surface area contributed by atoms with E-state index >= 15 is 0 Å². The average molecular weight is 210 g/mol. The van der Waals surface area contributed by atoms with Gasteiger partial charge in [-0.15, -0.1) is 0 Å². The Kier molecular flexibility index (Phi) is 3.29. The molecule has 0 saturated carbocycles. The summed E-state index contributed by atoms with van der Waals surface area (Å²) < 4.78 is 0. The van der Waals surface area contributed by atoms with Crippen LogP contribution in [0.2, 0.25) is 0 Å². The third-order valence-electron chi connectivity index (χ3n) is 3.82. The number of unbranched alkanes of at least 4 members (excludes halogenated alkanes) is 1. The van der Waals surface area contributed by atoms with Gasteiger partial charge in [-0.05, 0) is 32.2 Å². The van der Waals surface area contributed by atoms with Gasteiger partial charge in [0.2, 0.25) is 5.91 Å². The highest BCUT2D eigenvalue weighted by Crippen LogP contribution is 2.32. The van der Waals surface area contributed by atoms with Gasteiger partial charge in [-0.3, -0.25) is 9.69 Å². The summed E-state index contributed by atoms with van der Waals surface area (Å²) in [6, 6.07) is 0. The van der Waals surface area contributed by atoms with Crippen LogP contribution >= 0.6 is 0 Å². The van der Waals surface area contributed by atoms with Gasteiger partial charge in [0.25, 0.3) is 0 Å². The number of hydrogen-bond donors (Lipinski definition) is 0. The maximum absolute atomic E-state index is 12.0. The molecule has 1 amide bonds. The second-order valence-corrected chi connectivity index (χ2v) is 5.00. The quantitative estimate of drug-likeness (QED) is 0.707. The fourth-order valence-electron chi connectivity index (χ4n) is 2.80. The molecule has 2 saturated heterocycles. The van der Waals surface area contributed by atoms with Crippen molar-refractivity contribution in [3.8, 4) is 0 Å². The van der Waals surface area contributed by atoms with E-state index in [4.69, 9.17) is 0 Å². The minimum atomic E-state index is 0.373. The number of rotatable bonds is 3. The van der Waals surface area contributed by atoms with Gasteiger partial charge in [0.15, 0.2) is 0 Å². The first-order valence-corrected chi connectivity index (χ1v) is 6.22. The predicted octanol–water partition coefficient (Wildman–Crippen LogP) is 1.69. The maximum Gasteiger partial charge on any atom is 0.223 e. The summed E-state index contributed by atoms with van der Waals surface area (Å²) in [4.78, 5) is 16.5. The monoisotopic (exact) mass is 210 g/mol. The summed E-state index contributed by atoms with van der Waals surface area (Å²) in [5, 5.41) is 0. The Morgan fingerprint density at radius 1 is 1.47 bits per heavy atom. The van der Waals surface area contributed by atoms with Crippen LogP contribution in [0.25, 0.3) is 0 Å². The Balaban J connectivity index is 1.95. The Morgan fingerprint density at radius 3 is 3.00 bits per heavy atom. The highest BCUT2D eigenvalue weighted by atomic mass is 16.2. The lowest BCUT2D eigenvalue weighted by Crippen LogP contribution is -2.45. The van der Waals surface area contributed by atoms with Gasteiger partial charge >= 0.3 is 0 Å². The number of likely N-dealkylation sites (tertiary alicyclic amines) is 2. The Hall–Kier alpha value is -0.570. The van der Waals surface area contributed by atoms with Crippen LogP contribution in [0.3, 0.4) is 0 Å². The molecule has 0 aromatic heterocycles. The van der Waals surface area contributed by atoms with E-state index in [0.29, 0.717) is 12.1 Å². The molecule has 0 aliphatic carbocycles. The molecule has 2 bridgehead atoms. The molecular formula is C12H22N2O. The summed E-state index contributed by atoms with van der Waals surface area (Å²) in [6.07, 6.45) is 5.78. The normalized spacial score (nSPS) is 30.9. The molecule has 15 heavy (non-hydrogen) atoms. The van der Waals surface area contributed by atoms with Crippen LogP contribution in [0.15, 0.2) is 0 Å². The van der Waals surface area contributed by atoms with Gasteiger partial charge in [-0.25, -0.2) is 0 Å². The van der Waals surface area contributed by atoms with Crippen LogP contribution in [0.1, 0.15) is 39.0 Å². The molecule has 3 heteroatoms. The molecule has 2 aliphatic heterocycles. The summed E-state index contributed by atoms with van der Waals surface area (Å²) in [5.74, 6) is 1.15. The second kappa shape index (κ2) is 4.52. The number of piperidine rings is 1. The van der Waals surface area contributed by atoms with Crippen molar-refractivity contribution in [3.63, 3.8) is 0 Å². The molecule has 2 atom stereocenters. The molecule has 2 heterocycles. The number of hydrogen-bond acceptors (Lipinski definition) is 2. The van der Waals surface area contributed by atoms with E-state index in [2.05, 4.69) is 23.8 Å². The van der Waals surface area contributed by atoms with Gasteiger partial charge in [-0.1, -0.05) is 13.3 Å². The van der Waals surface area contributed by atoms with Crippen molar-refractivity contribution in [1.82, 2.24) is 9.80 Å². The molecule has 2 rings (SSSR count). The van der Waals surface area contributed by atoms with Crippen LogP contribution in [0.5, 0.6) is 0 Å². The fourth-order valence-corrected chi connectivity index (χ4v) is 2.80. The summed E-state index contributed by atoms with van der Waals surface area (Å²) in [7, 11) is 2.15. The first-order chi connectivity index (χ1) is 7.22. The minimum absolute atomic E-state index is 0.373. The van der Waals surface area contributed by atoms with E-state index in [9.17, 15) is 4.79 Å². The van der Waals surface area contributed by atoms with Crippen LogP contribution in [-0.4, -0.2) is 42.0 Å². The average Bonchev–Trinajstić information content (AvgIpc) is 2.60. The van der Waals surface area contributed by atoms with Gasteiger partial charge < -0.3 is 4.90 Å². The lowest BCUT2D eigenvalue weighted by Gasteiger charge is -2.33. The van der Waals surface area contributed by atoms with E-state index in [0.717, 1.165) is 38.3 Å². The molecule has 0 aromatic rings. The van der Waals surface area contributed by atoms with Gasteiger partial charge in [-0.2, -0.15) is 0 Å². The van der Waals surface area contributed by atoms with Crippen molar-refractivity contribution < 1.29 is 4.79 Å². The third-order valence-corrected chi connectivity index (χ3v) is 3.82. The molecule has 86 valence electrons. The highest BCUT2D eigenvalue weighted by molar-refractivity contribution is 5.76. The molecule has 3 nitrogen and oxygen atoms in total. The van der Waals surface area contributed by atoms with E-state index in [1.807, 2.05) is 0 Å². The summed E-state index contributed by atoms with van der Waals surface area (Å²) >= 11 is 0. The van der Waals surface area contributed by atoms with E-state index in [1.165, 1.54) is 12.8 Å². The lowest BCUT2D eigenvalue weighted by molar-refractivity contribution is -0.134. The molecule has 2 fully saturated rings. The molecule has 0 spiro atoms. The molecule has 0 aromatic carbocycles. The van der Waals surface area contributed by atoms with Crippen molar-refractivity contribution in [1.29, 1.82) is 0 Å². The number of fused-ring (bicyclic) bond motifs is 2. The van der Waals surface area contributed by atoms with Gasteiger partial charge in [0.05, 0.1) is 6.17 Å². The van der Waals surface area contributed by atoms with Crippen LogP contribution in [0, 0.1) is 5.92 Å². The molecular weight excluding hydrogens is 188 g/mol. The Labute approximate surface area is 92.4 Å². The highest BCUT2D eigenvalue weighted by Gasteiger charge is 2.40. The van der Waals surface area contributed by atoms with Crippen molar-refractivity contribution in [2.75, 3.05) is 20.1 Å². The zero-order valence-corrected chi connectivity index (χ0v) is 9.91. The first kappa shape index (κ1) is 10.9. The summed E-state index contributed by atoms with van der Waals surface area (Å²) in [6.45, 7) is 4.31. The van der Waals surface area contributed by atoms with E-state index < -0.39 is 0 Å². The molecule has 2 aliphatic rings. The number of nitrogens with zero attached hydrogens (tertiary/aromatic N) is 2. The van der Waals surface area contributed by atoms with Crippen molar-refractivity contribution in [3.05, 3.63) is 0 Å². The Bertz CT molecular complexity index is 242. The largest absolute Gasteiger partial charge is 0.327 e. The number of carbonyl (C=O) groups excluding carboxylic acids is 1. The SMILES string of the molecule is CCCCC(=O)N1CC2CCN(C)C1C2. The van der Waals surface area contributed by atoms with Crippen molar-refractivity contribution in [2.45, 2.75) is 45.2 Å². The van der Waals surface area contributed by atoms with Crippen molar-refractivity contribution >= 4 is 5.91 Å². The van der Waals surface area contributed by atoms with E-state index in [1.54, 1.807) is 0 Å². The van der Waals surface area contributed by atoms with Gasteiger partial charge in [0.1, 0.15) is 0 Å². The molecule has 0 radical (unpaired) electrons. The minimum Gasteiger partial charge on any atom is -0.327 e. The summed E-state index contributed by atoms with van der Waals surface area (Å²) in [5.41, 5.74) is 0. The molecule has 2 unspecified atom stereocenters. The maximum atomic E-state index is 12.0. The number of amides is 1. The van der Waals surface area contributed by atoms with Gasteiger partial charge in [0, 0.05) is 19.5 Å².